The lowest BCUT2D eigenvalue weighted by atomic mass is 9.91. The van der Waals surface area contributed by atoms with Gasteiger partial charge in [0.25, 0.3) is 0 Å². The largest absolute Gasteiger partial charge is 0.496 e. The smallest absolute Gasteiger partial charge is 0.247 e. The van der Waals surface area contributed by atoms with Crippen LogP contribution in [0.5, 0.6) is 5.75 Å². The van der Waals surface area contributed by atoms with Crippen LogP contribution in [0.1, 0.15) is 24.5 Å². The molecular weight excluding hydrogens is 228 g/mol. The third-order valence-corrected chi connectivity index (χ3v) is 3.81. The average Bonchev–Trinajstić information content (AvgIpc) is 2.76. The maximum atomic E-state index is 12.4. The molecule has 0 saturated carbocycles. The van der Waals surface area contributed by atoms with Crippen molar-refractivity contribution in [2.45, 2.75) is 25.3 Å². The van der Waals surface area contributed by atoms with Gasteiger partial charge in [-0.2, -0.15) is 0 Å². The van der Waals surface area contributed by atoms with Gasteiger partial charge in [0.15, 0.2) is 0 Å². The van der Waals surface area contributed by atoms with E-state index >= 15 is 0 Å². The summed E-state index contributed by atoms with van der Waals surface area (Å²) in [6, 6.07) is 5.74. The molecule has 1 amide bonds. The van der Waals surface area contributed by atoms with E-state index in [-0.39, 0.29) is 5.91 Å². The molecule has 4 heteroatoms. The Labute approximate surface area is 108 Å². The highest BCUT2D eigenvalue weighted by Crippen LogP contribution is 2.40. The lowest BCUT2D eigenvalue weighted by molar-refractivity contribution is -0.135. The zero-order valence-electron chi connectivity index (χ0n) is 11.2. The minimum absolute atomic E-state index is 0.0167. The maximum Gasteiger partial charge on any atom is 0.247 e. The number of methoxy groups -OCH3 is 1. The fourth-order valence-corrected chi connectivity index (χ4v) is 2.60. The Morgan fingerprint density at radius 3 is 2.89 bits per heavy atom. The van der Waals surface area contributed by atoms with Crippen LogP contribution in [0.15, 0.2) is 18.2 Å². The highest BCUT2D eigenvalue weighted by molar-refractivity contribution is 5.89. The van der Waals surface area contributed by atoms with E-state index in [0.29, 0.717) is 13.0 Å². The Kier molecular flexibility index (Phi) is 3.30. The topological polar surface area (TPSA) is 55.6 Å². The van der Waals surface area contributed by atoms with Crippen molar-refractivity contribution in [2.24, 2.45) is 5.73 Å². The van der Waals surface area contributed by atoms with Crippen LogP contribution in [0.25, 0.3) is 0 Å². The summed E-state index contributed by atoms with van der Waals surface area (Å²) in [6.45, 7) is 2.61. The highest BCUT2D eigenvalue weighted by atomic mass is 16.5. The van der Waals surface area contributed by atoms with Crippen LogP contribution in [0, 0.1) is 0 Å². The fraction of sp³-hybridized carbons (Fsp3) is 0.500. The predicted molar refractivity (Wildman–Crippen MR) is 70.5 cm³/mol. The number of benzene rings is 1. The number of nitrogens with zero attached hydrogens (tertiary/aromatic N) is 1. The summed E-state index contributed by atoms with van der Waals surface area (Å²) < 4.78 is 5.34. The lowest BCUT2D eigenvalue weighted by Gasteiger charge is -2.29. The van der Waals surface area contributed by atoms with E-state index in [4.69, 9.17) is 10.5 Å². The first-order valence-electron chi connectivity index (χ1n) is 6.25. The second-order valence-electron chi connectivity index (χ2n) is 4.78. The van der Waals surface area contributed by atoms with Crippen LogP contribution in [0.4, 0.5) is 0 Å². The van der Waals surface area contributed by atoms with Crippen LogP contribution >= 0.6 is 0 Å². The SMILES string of the molecule is CCN(C)C(=O)C1(N)CCc2c(OC)cccc21. The monoisotopic (exact) mass is 248 g/mol. The second kappa shape index (κ2) is 4.61. The van der Waals surface area contributed by atoms with Crippen LogP contribution in [-0.2, 0) is 16.8 Å². The van der Waals surface area contributed by atoms with E-state index in [1.54, 1.807) is 19.1 Å². The first-order chi connectivity index (χ1) is 8.54. The zero-order valence-corrected chi connectivity index (χ0v) is 11.2. The summed E-state index contributed by atoms with van der Waals surface area (Å²) in [5.41, 5.74) is 7.45. The number of fused-ring (bicyclic) bond motifs is 1. The summed E-state index contributed by atoms with van der Waals surface area (Å²) in [7, 11) is 3.43. The molecule has 0 saturated heterocycles. The number of amides is 1. The first-order valence-corrected chi connectivity index (χ1v) is 6.25. The average molecular weight is 248 g/mol. The van der Waals surface area contributed by atoms with Gasteiger partial charge in [0.2, 0.25) is 5.91 Å². The van der Waals surface area contributed by atoms with E-state index in [1.807, 2.05) is 25.1 Å². The van der Waals surface area contributed by atoms with Crippen molar-refractivity contribution in [2.75, 3.05) is 20.7 Å². The number of nitrogens with two attached hydrogens (primary N) is 1. The number of rotatable bonds is 3. The lowest BCUT2D eigenvalue weighted by Crippen LogP contribution is -2.50. The maximum absolute atomic E-state index is 12.4. The molecule has 1 aromatic rings. The Balaban J connectivity index is 2.45. The number of likely N-dealkylation sites (N-methyl/N-ethyl adjacent to an activating group) is 1. The zero-order chi connectivity index (χ0) is 13.3. The molecule has 1 aliphatic carbocycles. The molecule has 1 aromatic carbocycles. The highest BCUT2D eigenvalue weighted by Gasteiger charge is 2.44. The van der Waals surface area contributed by atoms with Crippen molar-refractivity contribution in [1.29, 1.82) is 0 Å². The molecule has 0 spiro atoms. The molecule has 98 valence electrons. The Morgan fingerprint density at radius 2 is 2.28 bits per heavy atom. The third kappa shape index (κ3) is 1.77. The summed E-state index contributed by atoms with van der Waals surface area (Å²) in [6.07, 6.45) is 1.44. The van der Waals surface area contributed by atoms with Crippen molar-refractivity contribution >= 4 is 5.91 Å². The number of carbonyl (C=O) groups is 1. The van der Waals surface area contributed by atoms with Gasteiger partial charge in [0.1, 0.15) is 11.3 Å². The molecule has 0 aliphatic heterocycles. The van der Waals surface area contributed by atoms with Gasteiger partial charge in [-0.15, -0.1) is 0 Å². The number of ether oxygens (including phenoxy) is 1. The van der Waals surface area contributed by atoms with Gasteiger partial charge in [-0.3, -0.25) is 4.79 Å². The summed E-state index contributed by atoms with van der Waals surface area (Å²) in [4.78, 5) is 14.1. The van der Waals surface area contributed by atoms with Gasteiger partial charge >= 0.3 is 0 Å². The van der Waals surface area contributed by atoms with Gasteiger partial charge in [-0.1, -0.05) is 12.1 Å². The minimum atomic E-state index is -0.894. The van der Waals surface area contributed by atoms with Gasteiger partial charge in [0, 0.05) is 13.6 Å². The van der Waals surface area contributed by atoms with E-state index in [9.17, 15) is 4.79 Å². The molecule has 0 aromatic heterocycles. The summed E-state index contributed by atoms with van der Waals surface area (Å²) >= 11 is 0. The Bertz CT molecular complexity index is 473. The van der Waals surface area contributed by atoms with Crippen molar-refractivity contribution < 1.29 is 9.53 Å². The number of carbonyl (C=O) groups excluding carboxylic acids is 1. The first kappa shape index (κ1) is 12.9. The molecule has 1 unspecified atom stereocenters. The van der Waals surface area contributed by atoms with Crippen molar-refractivity contribution in [3.8, 4) is 5.75 Å². The molecule has 0 heterocycles. The van der Waals surface area contributed by atoms with Gasteiger partial charge < -0.3 is 15.4 Å². The normalized spacial score (nSPS) is 21.6. The van der Waals surface area contributed by atoms with Gasteiger partial charge in [-0.25, -0.2) is 0 Å². The molecule has 2 N–H and O–H groups in total. The minimum Gasteiger partial charge on any atom is -0.496 e. The van der Waals surface area contributed by atoms with Crippen LogP contribution in [0.2, 0.25) is 0 Å². The standard InChI is InChI=1S/C14H20N2O2/c1-4-16(2)13(17)14(15)9-8-10-11(14)6-5-7-12(10)18-3/h5-7H,4,8-9,15H2,1-3H3. The quantitative estimate of drug-likeness (QED) is 0.876. The molecule has 0 bridgehead atoms. The molecule has 18 heavy (non-hydrogen) atoms. The number of hydrogen-bond acceptors (Lipinski definition) is 3. The van der Waals surface area contributed by atoms with Gasteiger partial charge in [-0.05, 0) is 37.0 Å². The number of hydrogen-bond donors (Lipinski definition) is 1. The van der Waals surface area contributed by atoms with Crippen LogP contribution in [-0.4, -0.2) is 31.5 Å². The van der Waals surface area contributed by atoms with Crippen molar-refractivity contribution in [1.82, 2.24) is 4.90 Å². The molecule has 2 rings (SSSR count). The molecule has 4 nitrogen and oxygen atoms in total. The van der Waals surface area contributed by atoms with E-state index in [2.05, 4.69) is 0 Å². The van der Waals surface area contributed by atoms with Gasteiger partial charge in [0.05, 0.1) is 7.11 Å². The molecular formula is C14H20N2O2. The Hall–Kier alpha value is -1.55. The molecule has 1 aliphatic rings. The summed E-state index contributed by atoms with van der Waals surface area (Å²) in [5, 5.41) is 0. The molecule has 0 radical (unpaired) electrons. The van der Waals surface area contributed by atoms with Crippen molar-refractivity contribution in [3.63, 3.8) is 0 Å². The Morgan fingerprint density at radius 1 is 1.56 bits per heavy atom. The third-order valence-electron chi connectivity index (χ3n) is 3.81. The van der Waals surface area contributed by atoms with Crippen LogP contribution < -0.4 is 10.5 Å². The van der Waals surface area contributed by atoms with Crippen LogP contribution in [0.3, 0.4) is 0 Å². The van der Waals surface area contributed by atoms with E-state index in [1.165, 1.54) is 0 Å². The second-order valence-corrected chi connectivity index (χ2v) is 4.78. The van der Waals surface area contributed by atoms with E-state index in [0.717, 1.165) is 23.3 Å². The van der Waals surface area contributed by atoms with Crippen molar-refractivity contribution in [3.05, 3.63) is 29.3 Å². The molecule has 0 fully saturated rings. The predicted octanol–water partition coefficient (Wildman–Crippen LogP) is 1.27. The molecule has 1 atom stereocenters. The van der Waals surface area contributed by atoms with E-state index < -0.39 is 5.54 Å². The fourth-order valence-electron chi connectivity index (χ4n) is 2.60. The summed E-state index contributed by atoms with van der Waals surface area (Å²) in [5.74, 6) is 0.809.